The third kappa shape index (κ3) is 3.42. The Labute approximate surface area is 118 Å². The van der Waals surface area contributed by atoms with Crippen molar-refractivity contribution in [3.05, 3.63) is 48.0 Å². The van der Waals surface area contributed by atoms with Crippen molar-refractivity contribution in [1.29, 1.82) is 0 Å². The van der Waals surface area contributed by atoms with Crippen LogP contribution in [0.5, 0.6) is 0 Å². The summed E-state index contributed by atoms with van der Waals surface area (Å²) in [5.74, 6) is 0.529. The minimum Gasteiger partial charge on any atom is -0.310 e. The molecule has 0 spiro atoms. The van der Waals surface area contributed by atoms with Gasteiger partial charge in [-0.05, 0) is 49.4 Å². The van der Waals surface area contributed by atoms with Crippen LogP contribution in [0.3, 0.4) is 0 Å². The Balaban J connectivity index is 1.51. The van der Waals surface area contributed by atoms with E-state index >= 15 is 0 Å². The smallest absolute Gasteiger partial charge is 0.123 e. The number of hydrogen-bond donors (Lipinski definition) is 1. The van der Waals surface area contributed by atoms with E-state index in [1.165, 1.54) is 18.4 Å². The molecule has 1 fully saturated rings. The lowest BCUT2D eigenvalue weighted by Gasteiger charge is -2.18. The standard InChI is InChI=1S/C15H19FN4/c16-14-6-4-13(5-7-14)15(12-2-3-12)17-8-1-10-20-11-9-18-19-20/h4-7,9,11-12,15,17H,1-3,8,10H2. The Morgan fingerprint density at radius 1 is 1.30 bits per heavy atom. The number of nitrogens with zero attached hydrogens (tertiary/aromatic N) is 3. The highest BCUT2D eigenvalue weighted by molar-refractivity contribution is 5.21. The molecule has 1 atom stereocenters. The van der Waals surface area contributed by atoms with Gasteiger partial charge in [-0.3, -0.25) is 4.68 Å². The molecule has 1 aromatic carbocycles. The van der Waals surface area contributed by atoms with Crippen LogP contribution < -0.4 is 5.32 Å². The summed E-state index contributed by atoms with van der Waals surface area (Å²) in [6.07, 6.45) is 7.10. The molecule has 4 nitrogen and oxygen atoms in total. The van der Waals surface area contributed by atoms with Gasteiger partial charge in [0.2, 0.25) is 0 Å². The molecule has 2 aromatic rings. The molecule has 1 heterocycles. The van der Waals surface area contributed by atoms with Crippen molar-refractivity contribution in [2.45, 2.75) is 31.8 Å². The number of halogens is 1. The number of aryl methyl sites for hydroxylation is 1. The first-order valence-electron chi connectivity index (χ1n) is 7.16. The van der Waals surface area contributed by atoms with Crippen molar-refractivity contribution in [1.82, 2.24) is 20.3 Å². The fourth-order valence-electron chi connectivity index (χ4n) is 2.51. The topological polar surface area (TPSA) is 42.7 Å². The van der Waals surface area contributed by atoms with Gasteiger partial charge in [0.1, 0.15) is 5.82 Å². The van der Waals surface area contributed by atoms with Gasteiger partial charge in [0.25, 0.3) is 0 Å². The van der Waals surface area contributed by atoms with Crippen LogP contribution >= 0.6 is 0 Å². The van der Waals surface area contributed by atoms with Crippen molar-refractivity contribution < 1.29 is 4.39 Å². The first-order valence-corrected chi connectivity index (χ1v) is 7.16. The number of rotatable bonds is 7. The molecule has 1 aliphatic carbocycles. The highest BCUT2D eigenvalue weighted by atomic mass is 19.1. The lowest BCUT2D eigenvalue weighted by atomic mass is 10.0. The lowest BCUT2D eigenvalue weighted by molar-refractivity contribution is 0.451. The first kappa shape index (κ1) is 13.2. The summed E-state index contributed by atoms with van der Waals surface area (Å²) in [5.41, 5.74) is 1.19. The van der Waals surface area contributed by atoms with Crippen molar-refractivity contribution in [3.63, 3.8) is 0 Å². The zero-order valence-electron chi connectivity index (χ0n) is 11.4. The van der Waals surface area contributed by atoms with Crippen molar-refractivity contribution in [2.24, 2.45) is 5.92 Å². The van der Waals surface area contributed by atoms with Gasteiger partial charge in [0.15, 0.2) is 0 Å². The van der Waals surface area contributed by atoms with E-state index in [4.69, 9.17) is 0 Å². The van der Waals surface area contributed by atoms with Crippen molar-refractivity contribution >= 4 is 0 Å². The van der Waals surface area contributed by atoms with E-state index in [0.717, 1.165) is 19.5 Å². The van der Waals surface area contributed by atoms with Crippen LogP contribution in [0.4, 0.5) is 4.39 Å². The monoisotopic (exact) mass is 274 g/mol. The second-order valence-corrected chi connectivity index (χ2v) is 5.34. The van der Waals surface area contributed by atoms with Gasteiger partial charge in [-0.2, -0.15) is 0 Å². The molecule has 1 unspecified atom stereocenters. The van der Waals surface area contributed by atoms with Gasteiger partial charge in [0.05, 0.1) is 6.20 Å². The maximum absolute atomic E-state index is 13.0. The van der Waals surface area contributed by atoms with Gasteiger partial charge in [-0.1, -0.05) is 17.3 Å². The minimum atomic E-state index is -0.172. The van der Waals surface area contributed by atoms with Crippen LogP contribution in [-0.2, 0) is 6.54 Å². The molecule has 1 aromatic heterocycles. The lowest BCUT2D eigenvalue weighted by Crippen LogP contribution is -2.25. The van der Waals surface area contributed by atoms with E-state index in [1.807, 2.05) is 23.0 Å². The number of nitrogens with one attached hydrogen (secondary N) is 1. The number of aromatic nitrogens is 3. The maximum Gasteiger partial charge on any atom is 0.123 e. The molecule has 0 radical (unpaired) electrons. The summed E-state index contributed by atoms with van der Waals surface area (Å²) < 4.78 is 14.8. The van der Waals surface area contributed by atoms with Gasteiger partial charge in [0, 0.05) is 18.8 Å². The Bertz CT molecular complexity index is 519. The Kier molecular flexibility index (Phi) is 4.06. The first-order chi connectivity index (χ1) is 9.83. The van der Waals surface area contributed by atoms with Crippen LogP contribution in [0.15, 0.2) is 36.7 Å². The molecule has 0 amide bonds. The second-order valence-electron chi connectivity index (χ2n) is 5.34. The largest absolute Gasteiger partial charge is 0.310 e. The quantitative estimate of drug-likeness (QED) is 0.789. The summed E-state index contributed by atoms with van der Waals surface area (Å²) in [6, 6.07) is 7.22. The second kappa shape index (κ2) is 6.13. The molecular weight excluding hydrogens is 255 g/mol. The van der Waals surface area contributed by atoms with Crippen LogP contribution in [0.1, 0.15) is 30.9 Å². The van der Waals surface area contributed by atoms with Crippen LogP contribution in [-0.4, -0.2) is 21.5 Å². The molecule has 0 aliphatic heterocycles. The van der Waals surface area contributed by atoms with Crippen LogP contribution in [0.2, 0.25) is 0 Å². The third-order valence-electron chi connectivity index (χ3n) is 3.72. The highest BCUT2D eigenvalue weighted by Crippen LogP contribution is 2.40. The average molecular weight is 274 g/mol. The van der Waals surface area contributed by atoms with E-state index < -0.39 is 0 Å². The van der Waals surface area contributed by atoms with Crippen molar-refractivity contribution in [2.75, 3.05) is 6.54 Å². The molecule has 0 saturated heterocycles. The molecule has 0 bridgehead atoms. The molecule has 3 rings (SSSR count). The minimum absolute atomic E-state index is 0.172. The summed E-state index contributed by atoms with van der Waals surface area (Å²) in [4.78, 5) is 0. The third-order valence-corrected chi connectivity index (χ3v) is 3.72. The average Bonchev–Trinajstić information content (AvgIpc) is 3.16. The van der Waals surface area contributed by atoms with Crippen LogP contribution in [0.25, 0.3) is 0 Å². The molecule has 20 heavy (non-hydrogen) atoms. The summed E-state index contributed by atoms with van der Waals surface area (Å²) >= 11 is 0. The molecule has 1 aliphatic rings. The summed E-state index contributed by atoms with van der Waals surface area (Å²) in [6.45, 7) is 1.80. The molecule has 1 N–H and O–H groups in total. The van der Waals surface area contributed by atoms with Gasteiger partial charge < -0.3 is 5.32 Å². The molecule has 106 valence electrons. The predicted octanol–water partition coefficient (Wildman–Crippen LogP) is 2.55. The fourth-order valence-corrected chi connectivity index (χ4v) is 2.51. The molecule has 5 heteroatoms. The number of hydrogen-bond acceptors (Lipinski definition) is 3. The predicted molar refractivity (Wildman–Crippen MR) is 74.5 cm³/mol. The summed E-state index contributed by atoms with van der Waals surface area (Å²) in [5, 5.41) is 11.3. The molecular formula is C15H19FN4. The zero-order valence-corrected chi connectivity index (χ0v) is 11.4. The number of benzene rings is 1. The van der Waals surface area contributed by atoms with E-state index in [-0.39, 0.29) is 5.82 Å². The highest BCUT2D eigenvalue weighted by Gasteiger charge is 2.31. The Morgan fingerprint density at radius 2 is 2.10 bits per heavy atom. The van der Waals surface area contributed by atoms with E-state index in [2.05, 4.69) is 15.6 Å². The normalized spacial score (nSPS) is 16.2. The van der Waals surface area contributed by atoms with Crippen LogP contribution in [0, 0.1) is 11.7 Å². The van der Waals surface area contributed by atoms with E-state index in [1.54, 1.807) is 18.3 Å². The zero-order chi connectivity index (χ0) is 13.8. The summed E-state index contributed by atoms with van der Waals surface area (Å²) in [7, 11) is 0. The molecule has 1 saturated carbocycles. The van der Waals surface area contributed by atoms with E-state index in [0.29, 0.717) is 12.0 Å². The maximum atomic E-state index is 13.0. The van der Waals surface area contributed by atoms with Crippen molar-refractivity contribution in [3.8, 4) is 0 Å². The van der Waals surface area contributed by atoms with E-state index in [9.17, 15) is 4.39 Å². The van der Waals surface area contributed by atoms with Gasteiger partial charge >= 0.3 is 0 Å². The Hall–Kier alpha value is -1.75. The fraction of sp³-hybridized carbons (Fsp3) is 0.467. The van der Waals surface area contributed by atoms with Gasteiger partial charge in [-0.25, -0.2) is 4.39 Å². The Morgan fingerprint density at radius 3 is 2.75 bits per heavy atom. The SMILES string of the molecule is Fc1ccc(C(NCCCn2ccnn2)C2CC2)cc1. The van der Waals surface area contributed by atoms with Gasteiger partial charge in [-0.15, -0.1) is 5.10 Å².